The molecule has 0 aliphatic heterocycles. The van der Waals surface area contributed by atoms with Crippen LogP contribution in [0.4, 0.5) is 0 Å². The van der Waals surface area contributed by atoms with Gasteiger partial charge in [0.05, 0.1) is 11.9 Å². The molecule has 0 atom stereocenters. The monoisotopic (exact) mass is 520 g/mol. The van der Waals surface area contributed by atoms with E-state index < -0.39 is 17.9 Å². The zero-order valence-corrected chi connectivity index (χ0v) is 10.1. The number of carboxylic acids is 2. The fourth-order valence-corrected chi connectivity index (χ4v) is 0.430. The van der Waals surface area contributed by atoms with Crippen LogP contribution in [0.25, 0.3) is 0 Å². The van der Waals surface area contributed by atoms with Crippen LogP contribution in [0.15, 0.2) is 0 Å². The van der Waals surface area contributed by atoms with Crippen LogP contribution < -0.4 is 10.2 Å². The molecule has 0 saturated carbocycles. The van der Waals surface area contributed by atoms with Gasteiger partial charge < -0.3 is 19.8 Å². The third kappa shape index (κ3) is 6.70. The molecule has 0 radical (unpaired) electrons. The molecule has 0 amide bonds. The number of aliphatic carboxylic acids is 2. The summed E-state index contributed by atoms with van der Waals surface area (Å²) in [5.74, 6) is -4.64. The van der Waals surface area contributed by atoms with Crippen molar-refractivity contribution in [3.63, 3.8) is 0 Å². The third-order valence-corrected chi connectivity index (χ3v) is 0.977. The van der Waals surface area contributed by atoms with E-state index in [1.165, 1.54) is 6.92 Å². The minimum absolute atomic E-state index is 0. The van der Waals surface area contributed by atoms with Gasteiger partial charge in [0, 0.05) is 27.0 Å². The second-order valence-electron chi connectivity index (χ2n) is 1.60. The van der Waals surface area contributed by atoms with Crippen molar-refractivity contribution < 1.29 is 61.9 Å². The van der Waals surface area contributed by atoms with E-state index >= 15 is 0 Å². The summed E-state index contributed by atoms with van der Waals surface area (Å²) in [7, 11) is 0. The van der Waals surface area contributed by atoms with Gasteiger partial charge in [0.1, 0.15) is 0 Å². The first-order chi connectivity index (χ1) is 4.09. The molecular formula is C5H6O4Pt2. The van der Waals surface area contributed by atoms with E-state index in [1.807, 2.05) is 0 Å². The summed E-state index contributed by atoms with van der Waals surface area (Å²) >= 11 is 0. The molecule has 0 unspecified atom stereocenters. The van der Waals surface area contributed by atoms with Crippen molar-refractivity contribution in [1.29, 1.82) is 0 Å². The first-order valence-electron chi connectivity index (χ1n) is 2.51. The molecule has 0 aromatic rings. The molecule has 6 heteroatoms. The van der Waals surface area contributed by atoms with E-state index in [-0.39, 0.29) is 48.6 Å². The van der Waals surface area contributed by atoms with Crippen molar-refractivity contribution >= 4 is 11.9 Å². The molecule has 0 aliphatic carbocycles. The van der Waals surface area contributed by atoms with Gasteiger partial charge in [-0.1, -0.05) is 6.92 Å². The minimum atomic E-state index is -1.59. The molecule has 0 fully saturated rings. The Morgan fingerprint density at radius 3 is 1.55 bits per heavy atom. The second kappa shape index (κ2) is 8.41. The Kier molecular flexibility index (Phi) is 13.3. The molecule has 0 aromatic heterocycles. The Morgan fingerprint density at radius 1 is 1.27 bits per heavy atom. The van der Waals surface area contributed by atoms with E-state index in [4.69, 9.17) is 0 Å². The van der Waals surface area contributed by atoms with Crippen LogP contribution in [0.1, 0.15) is 13.3 Å². The van der Waals surface area contributed by atoms with E-state index in [0.29, 0.717) is 0 Å². The van der Waals surface area contributed by atoms with Crippen LogP contribution in [-0.4, -0.2) is 11.9 Å². The molecule has 0 aliphatic rings. The van der Waals surface area contributed by atoms with Crippen LogP contribution >= 0.6 is 0 Å². The molecule has 0 rings (SSSR count). The van der Waals surface area contributed by atoms with Crippen LogP contribution in [0.5, 0.6) is 0 Å². The average molecular weight is 520 g/mol. The van der Waals surface area contributed by atoms with Crippen molar-refractivity contribution in [1.82, 2.24) is 0 Å². The van der Waals surface area contributed by atoms with Crippen LogP contribution in [0, 0.1) is 5.92 Å². The van der Waals surface area contributed by atoms with Crippen LogP contribution in [-0.2, 0) is 51.7 Å². The van der Waals surface area contributed by atoms with Gasteiger partial charge in [0.2, 0.25) is 0 Å². The molecular weight excluding hydrogens is 514 g/mol. The molecule has 0 aromatic carbocycles. The normalized spacial score (nSPS) is 7.82. The molecule has 70 valence electrons. The topological polar surface area (TPSA) is 80.3 Å². The molecule has 0 heterocycles. The average Bonchev–Trinajstić information content (AvgIpc) is 1.64. The molecule has 0 spiro atoms. The zero-order valence-electron chi connectivity index (χ0n) is 5.55. The van der Waals surface area contributed by atoms with Crippen molar-refractivity contribution in [2.45, 2.75) is 13.3 Å². The maximum absolute atomic E-state index is 9.84. The Hall–Kier alpha value is 0.317. The SMILES string of the molecule is CCC(C(=O)[O-])C(=O)[O-].[Pt+2].[Pt]. The van der Waals surface area contributed by atoms with Gasteiger partial charge in [-0.25, -0.2) is 0 Å². The van der Waals surface area contributed by atoms with Crippen LogP contribution in [0.2, 0.25) is 0 Å². The standard InChI is InChI=1S/C5H8O4.2Pt/c1-2-3(4(6)7)5(8)9;;/h3H,2H2,1H3,(H,6,7)(H,8,9);;/q;;+2/p-2. The smallest absolute Gasteiger partial charge is 0.549 e. The summed E-state index contributed by atoms with van der Waals surface area (Å²) in [6.07, 6.45) is 0.00463. The quantitative estimate of drug-likeness (QED) is 0.386. The Morgan fingerprint density at radius 2 is 1.55 bits per heavy atom. The predicted molar refractivity (Wildman–Crippen MR) is 23.8 cm³/mol. The fraction of sp³-hybridized carbons (Fsp3) is 0.600. The summed E-state index contributed by atoms with van der Waals surface area (Å²) in [5, 5.41) is 19.7. The summed E-state index contributed by atoms with van der Waals surface area (Å²) < 4.78 is 0. The van der Waals surface area contributed by atoms with E-state index in [1.54, 1.807) is 0 Å². The maximum atomic E-state index is 9.84. The van der Waals surface area contributed by atoms with Crippen molar-refractivity contribution in [3.8, 4) is 0 Å². The van der Waals surface area contributed by atoms with Gasteiger partial charge in [0.15, 0.2) is 0 Å². The number of carboxylic acid groups (broad SMARTS) is 2. The van der Waals surface area contributed by atoms with Crippen molar-refractivity contribution in [2.75, 3.05) is 0 Å². The van der Waals surface area contributed by atoms with Gasteiger partial charge in [-0.3, -0.25) is 0 Å². The Balaban J connectivity index is -0.000000320. The number of carbonyl (C=O) groups excluding carboxylic acids is 2. The Bertz CT molecular complexity index is 122. The van der Waals surface area contributed by atoms with Gasteiger partial charge in [-0.15, -0.1) is 0 Å². The van der Waals surface area contributed by atoms with Crippen molar-refractivity contribution in [3.05, 3.63) is 0 Å². The number of carbonyl (C=O) groups is 2. The Labute approximate surface area is 92.9 Å². The summed E-state index contributed by atoms with van der Waals surface area (Å²) in [5.41, 5.74) is 0. The molecule has 0 N–H and O–H groups in total. The van der Waals surface area contributed by atoms with Gasteiger partial charge in [-0.05, 0) is 6.42 Å². The zero-order chi connectivity index (χ0) is 7.44. The predicted octanol–water partition coefficient (Wildman–Crippen LogP) is -2.49. The summed E-state index contributed by atoms with van der Waals surface area (Å²) in [6, 6.07) is 0. The summed E-state index contributed by atoms with van der Waals surface area (Å²) in [4.78, 5) is 19.7. The van der Waals surface area contributed by atoms with Gasteiger partial charge in [-0.2, -0.15) is 0 Å². The van der Waals surface area contributed by atoms with Gasteiger partial charge >= 0.3 is 21.1 Å². The number of hydrogen-bond donors (Lipinski definition) is 0. The number of rotatable bonds is 3. The number of hydrogen-bond acceptors (Lipinski definition) is 4. The van der Waals surface area contributed by atoms with Gasteiger partial charge in [0.25, 0.3) is 0 Å². The first-order valence-corrected chi connectivity index (χ1v) is 2.51. The minimum Gasteiger partial charge on any atom is -0.549 e. The largest absolute Gasteiger partial charge is 2.00 e. The second-order valence-corrected chi connectivity index (χ2v) is 1.60. The maximum Gasteiger partial charge on any atom is 2.00 e. The molecule has 4 nitrogen and oxygen atoms in total. The van der Waals surface area contributed by atoms with E-state index in [0.717, 1.165) is 0 Å². The first kappa shape index (κ1) is 17.4. The van der Waals surface area contributed by atoms with E-state index in [9.17, 15) is 19.8 Å². The molecule has 0 saturated heterocycles. The van der Waals surface area contributed by atoms with Crippen molar-refractivity contribution in [2.24, 2.45) is 5.92 Å². The fourth-order valence-electron chi connectivity index (χ4n) is 0.430. The molecule has 11 heavy (non-hydrogen) atoms. The molecule has 0 bridgehead atoms. The summed E-state index contributed by atoms with van der Waals surface area (Å²) in [6.45, 7) is 1.44. The van der Waals surface area contributed by atoms with E-state index in [2.05, 4.69) is 0 Å². The third-order valence-electron chi connectivity index (χ3n) is 0.977. The van der Waals surface area contributed by atoms with Crippen LogP contribution in [0.3, 0.4) is 0 Å².